The van der Waals surface area contributed by atoms with E-state index in [0.29, 0.717) is 5.92 Å². The summed E-state index contributed by atoms with van der Waals surface area (Å²) >= 11 is 0. The van der Waals surface area contributed by atoms with Crippen LogP contribution in [0.15, 0.2) is 24.3 Å². The molecule has 0 spiro atoms. The number of ether oxygens (including phenoxy) is 1. The fourth-order valence-electron chi connectivity index (χ4n) is 2.95. The predicted octanol–water partition coefficient (Wildman–Crippen LogP) is 2.60. The van der Waals surface area contributed by atoms with Crippen LogP contribution in [0, 0.1) is 5.92 Å². The van der Waals surface area contributed by atoms with Gasteiger partial charge in [-0.05, 0) is 38.3 Å². The molecule has 0 bridgehead atoms. The van der Waals surface area contributed by atoms with Crippen LogP contribution in [0.25, 0.3) is 0 Å². The molecule has 3 unspecified atom stereocenters. The van der Waals surface area contributed by atoms with Gasteiger partial charge in [-0.1, -0.05) is 25.1 Å². The third kappa shape index (κ3) is 3.56. The van der Waals surface area contributed by atoms with E-state index in [2.05, 4.69) is 12.2 Å². The van der Waals surface area contributed by atoms with Crippen molar-refractivity contribution in [1.29, 1.82) is 0 Å². The van der Waals surface area contributed by atoms with Gasteiger partial charge in [-0.15, -0.1) is 0 Å². The fourth-order valence-corrected chi connectivity index (χ4v) is 2.95. The van der Waals surface area contributed by atoms with Crippen LogP contribution >= 0.6 is 0 Å². The molecule has 1 aromatic carbocycles. The van der Waals surface area contributed by atoms with Crippen molar-refractivity contribution >= 4 is 5.91 Å². The van der Waals surface area contributed by atoms with Gasteiger partial charge in [0.25, 0.3) is 0 Å². The highest BCUT2D eigenvalue weighted by Gasteiger charge is 2.29. The van der Waals surface area contributed by atoms with E-state index in [0.717, 1.165) is 30.7 Å². The molecule has 0 radical (unpaired) electrons. The van der Waals surface area contributed by atoms with Gasteiger partial charge in [0, 0.05) is 12.6 Å². The molecule has 4 nitrogen and oxygen atoms in total. The molecule has 116 valence electrons. The zero-order valence-electron chi connectivity index (χ0n) is 13.4. The van der Waals surface area contributed by atoms with Crippen molar-refractivity contribution in [1.82, 2.24) is 10.2 Å². The van der Waals surface area contributed by atoms with Crippen molar-refractivity contribution in [3.63, 3.8) is 0 Å². The Hall–Kier alpha value is -1.55. The van der Waals surface area contributed by atoms with Crippen molar-refractivity contribution in [2.45, 2.75) is 38.8 Å². The first-order valence-corrected chi connectivity index (χ1v) is 7.67. The van der Waals surface area contributed by atoms with E-state index in [4.69, 9.17) is 4.74 Å². The predicted molar refractivity (Wildman–Crippen MR) is 84.4 cm³/mol. The molecule has 0 aliphatic carbocycles. The Bertz CT molecular complexity index is 489. The summed E-state index contributed by atoms with van der Waals surface area (Å²) in [5.74, 6) is 1.60. The summed E-state index contributed by atoms with van der Waals surface area (Å²) in [6.07, 6.45) is 2.07. The Morgan fingerprint density at radius 2 is 2.14 bits per heavy atom. The number of methoxy groups -OCH3 is 1. The van der Waals surface area contributed by atoms with Crippen molar-refractivity contribution in [3.05, 3.63) is 29.8 Å². The van der Waals surface area contributed by atoms with Crippen LogP contribution in [0.5, 0.6) is 5.75 Å². The van der Waals surface area contributed by atoms with Gasteiger partial charge < -0.3 is 15.0 Å². The monoisotopic (exact) mass is 290 g/mol. The van der Waals surface area contributed by atoms with Gasteiger partial charge in [0.15, 0.2) is 0 Å². The van der Waals surface area contributed by atoms with E-state index >= 15 is 0 Å². The minimum absolute atomic E-state index is 0.00678. The lowest BCUT2D eigenvalue weighted by atomic mass is 9.93. The SMILES string of the molecule is COc1ccccc1C(C)N(C)C(=O)C1CC(C)CCN1. The van der Waals surface area contributed by atoms with Gasteiger partial charge in [0.05, 0.1) is 19.2 Å². The fraction of sp³-hybridized carbons (Fsp3) is 0.588. The molecule has 4 heteroatoms. The first-order valence-electron chi connectivity index (χ1n) is 7.67. The number of piperidine rings is 1. The van der Waals surface area contributed by atoms with E-state index < -0.39 is 0 Å². The van der Waals surface area contributed by atoms with Gasteiger partial charge in [-0.3, -0.25) is 4.79 Å². The lowest BCUT2D eigenvalue weighted by molar-refractivity contribution is -0.135. The summed E-state index contributed by atoms with van der Waals surface area (Å²) in [4.78, 5) is 14.5. The van der Waals surface area contributed by atoms with Crippen LogP contribution in [0.1, 0.15) is 38.3 Å². The third-order valence-corrected chi connectivity index (χ3v) is 4.48. The molecule has 1 aliphatic rings. The van der Waals surface area contributed by atoms with Crippen LogP contribution in [0.4, 0.5) is 0 Å². The van der Waals surface area contributed by atoms with Crippen molar-refractivity contribution in [2.24, 2.45) is 5.92 Å². The highest BCUT2D eigenvalue weighted by atomic mass is 16.5. The van der Waals surface area contributed by atoms with Gasteiger partial charge in [-0.2, -0.15) is 0 Å². The third-order valence-electron chi connectivity index (χ3n) is 4.48. The Kier molecular flexibility index (Phi) is 5.23. The van der Waals surface area contributed by atoms with Crippen molar-refractivity contribution in [2.75, 3.05) is 20.7 Å². The number of nitrogens with zero attached hydrogens (tertiary/aromatic N) is 1. The molecule has 21 heavy (non-hydrogen) atoms. The molecule has 1 fully saturated rings. The Morgan fingerprint density at radius 1 is 1.43 bits per heavy atom. The zero-order valence-corrected chi connectivity index (χ0v) is 13.4. The quantitative estimate of drug-likeness (QED) is 0.927. The number of hydrogen-bond donors (Lipinski definition) is 1. The maximum absolute atomic E-state index is 12.7. The highest BCUT2D eigenvalue weighted by Crippen LogP contribution is 2.29. The molecule has 0 aromatic heterocycles. The van der Waals surface area contributed by atoms with E-state index in [-0.39, 0.29) is 18.0 Å². The summed E-state index contributed by atoms with van der Waals surface area (Å²) in [5.41, 5.74) is 1.04. The second-order valence-electron chi connectivity index (χ2n) is 6.00. The Labute approximate surface area is 127 Å². The first kappa shape index (κ1) is 15.8. The number of hydrogen-bond acceptors (Lipinski definition) is 3. The zero-order chi connectivity index (χ0) is 15.4. The molecule has 3 atom stereocenters. The topological polar surface area (TPSA) is 41.6 Å². The minimum atomic E-state index is -0.0593. The number of rotatable bonds is 4. The first-order chi connectivity index (χ1) is 10.0. The maximum atomic E-state index is 12.7. The van der Waals surface area contributed by atoms with Crippen LogP contribution in [0.2, 0.25) is 0 Å². The smallest absolute Gasteiger partial charge is 0.239 e. The normalized spacial score (nSPS) is 23.4. The molecular weight excluding hydrogens is 264 g/mol. The van der Waals surface area contributed by atoms with Crippen LogP contribution in [-0.4, -0.2) is 37.6 Å². The molecule has 1 saturated heterocycles. The lowest BCUT2D eigenvalue weighted by Crippen LogP contribution is -2.49. The number of nitrogens with one attached hydrogen (secondary N) is 1. The number of amides is 1. The van der Waals surface area contributed by atoms with Gasteiger partial charge >= 0.3 is 0 Å². The summed E-state index contributed by atoms with van der Waals surface area (Å²) in [7, 11) is 3.54. The molecule has 1 aromatic rings. The van der Waals surface area contributed by atoms with E-state index in [1.54, 1.807) is 7.11 Å². The minimum Gasteiger partial charge on any atom is -0.496 e. The molecule has 1 heterocycles. The number of para-hydroxylation sites is 1. The molecule has 0 saturated carbocycles. The van der Waals surface area contributed by atoms with E-state index in [1.165, 1.54) is 0 Å². The summed E-state index contributed by atoms with van der Waals surface area (Å²) < 4.78 is 5.41. The Morgan fingerprint density at radius 3 is 2.81 bits per heavy atom. The summed E-state index contributed by atoms with van der Waals surface area (Å²) in [5, 5.41) is 3.34. The number of carbonyl (C=O) groups is 1. The van der Waals surface area contributed by atoms with Crippen LogP contribution in [0.3, 0.4) is 0 Å². The maximum Gasteiger partial charge on any atom is 0.239 e. The number of likely N-dealkylation sites (N-methyl/N-ethyl adjacent to an activating group) is 1. The molecule has 1 amide bonds. The molecular formula is C17H26N2O2. The lowest BCUT2D eigenvalue weighted by Gasteiger charge is -2.33. The van der Waals surface area contributed by atoms with E-state index in [1.807, 2.05) is 43.1 Å². The number of benzene rings is 1. The van der Waals surface area contributed by atoms with Crippen LogP contribution < -0.4 is 10.1 Å². The van der Waals surface area contributed by atoms with Gasteiger partial charge in [0.1, 0.15) is 5.75 Å². The molecule has 1 aliphatic heterocycles. The summed E-state index contributed by atoms with van der Waals surface area (Å²) in [6.45, 7) is 5.18. The average molecular weight is 290 g/mol. The van der Waals surface area contributed by atoms with Gasteiger partial charge in [0.2, 0.25) is 5.91 Å². The van der Waals surface area contributed by atoms with Crippen molar-refractivity contribution in [3.8, 4) is 5.75 Å². The van der Waals surface area contributed by atoms with E-state index in [9.17, 15) is 4.79 Å². The number of carbonyl (C=O) groups excluding carboxylic acids is 1. The summed E-state index contributed by atoms with van der Waals surface area (Å²) in [6, 6.07) is 7.81. The standard InChI is InChI=1S/C17H26N2O2/c1-12-9-10-18-15(11-12)17(20)19(3)13(2)14-7-5-6-8-16(14)21-4/h5-8,12-13,15,18H,9-11H2,1-4H3. The largest absolute Gasteiger partial charge is 0.496 e. The Balaban J connectivity index is 2.11. The second kappa shape index (κ2) is 6.94. The van der Waals surface area contributed by atoms with Gasteiger partial charge in [-0.25, -0.2) is 0 Å². The van der Waals surface area contributed by atoms with Crippen molar-refractivity contribution < 1.29 is 9.53 Å². The molecule has 1 N–H and O–H groups in total. The molecule has 2 rings (SSSR count). The second-order valence-corrected chi connectivity index (χ2v) is 6.00. The average Bonchev–Trinajstić information content (AvgIpc) is 2.52. The van der Waals surface area contributed by atoms with Crippen LogP contribution in [-0.2, 0) is 4.79 Å². The highest BCUT2D eigenvalue weighted by molar-refractivity contribution is 5.82.